The van der Waals surface area contributed by atoms with Crippen LogP contribution in [-0.2, 0) is 14.3 Å². The molecule has 2 rings (SSSR count). The van der Waals surface area contributed by atoms with Crippen molar-refractivity contribution < 1.29 is 19.2 Å². The first-order chi connectivity index (χ1) is 12.4. The number of hydrogen-bond donors (Lipinski definition) is 3. The molecule has 2 atom stereocenters. The molecule has 1 heterocycles. The molecule has 0 aliphatic carbocycles. The Morgan fingerprint density at radius 1 is 1.19 bits per heavy atom. The summed E-state index contributed by atoms with van der Waals surface area (Å²) in [6.07, 6.45) is 1.96. The van der Waals surface area contributed by atoms with Crippen molar-refractivity contribution in [3.05, 3.63) is 29.8 Å². The molecule has 0 saturated carbocycles. The molecule has 144 valence electrons. The third-order valence-electron chi connectivity index (χ3n) is 4.70. The Kier molecular flexibility index (Phi) is 7.41. The van der Waals surface area contributed by atoms with Crippen LogP contribution in [0, 0.1) is 0 Å². The number of hydrogen-bond acceptors (Lipinski definition) is 4. The average Bonchev–Trinajstić information content (AvgIpc) is 3.13. The first-order valence-electron chi connectivity index (χ1n) is 9.13. The topological polar surface area (TPSA) is 75.1 Å². The highest BCUT2D eigenvalue weighted by atomic mass is 16.5. The number of quaternary nitrogens is 1. The van der Waals surface area contributed by atoms with Gasteiger partial charge in [-0.3, -0.25) is 9.59 Å². The van der Waals surface area contributed by atoms with Crippen LogP contribution < -0.4 is 20.4 Å². The monoisotopic (exact) mass is 363 g/mol. The summed E-state index contributed by atoms with van der Waals surface area (Å²) in [7, 11) is 8.07. The fourth-order valence-electron chi connectivity index (χ4n) is 3.03. The van der Waals surface area contributed by atoms with Gasteiger partial charge < -0.3 is 25.2 Å². The van der Waals surface area contributed by atoms with E-state index in [2.05, 4.69) is 34.9 Å². The molecule has 3 N–H and O–H groups in total. The smallest absolute Gasteiger partial charge is 0.309 e. The molecule has 2 amide bonds. The van der Waals surface area contributed by atoms with Gasteiger partial charge in [-0.1, -0.05) is 12.1 Å². The third kappa shape index (κ3) is 5.71. The van der Waals surface area contributed by atoms with E-state index in [1.165, 1.54) is 4.90 Å². The maximum Gasteiger partial charge on any atom is 0.309 e. The predicted molar refractivity (Wildman–Crippen MR) is 101 cm³/mol. The normalized spacial score (nSPS) is 17.8. The van der Waals surface area contributed by atoms with Gasteiger partial charge in [0.2, 0.25) is 0 Å². The van der Waals surface area contributed by atoms with Crippen molar-refractivity contribution in [3.8, 4) is 0 Å². The molecule has 26 heavy (non-hydrogen) atoms. The summed E-state index contributed by atoms with van der Waals surface area (Å²) in [5, 5.41) is 5.40. The average molecular weight is 363 g/mol. The molecule has 7 nitrogen and oxygen atoms in total. The number of anilines is 1. The lowest BCUT2D eigenvalue weighted by atomic mass is 10.1. The van der Waals surface area contributed by atoms with Crippen LogP contribution in [0.4, 0.5) is 5.69 Å². The molecule has 1 fully saturated rings. The SMILES string of the molecule is CN(C)c1ccc([C@H](CNC(=O)C(=O)NC[C@@H]2CCCO2)[NH+](C)C)cc1. The van der Waals surface area contributed by atoms with Crippen LogP contribution in [0.1, 0.15) is 24.4 Å². The van der Waals surface area contributed by atoms with E-state index in [0.717, 1.165) is 30.7 Å². The lowest BCUT2D eigenvalue weighted by molar-refractivity contribution is -0.890. The molecule has 7 heteroatoms. The van der Waals surface area contributed by atoms with Crippen LogP contribution in [-0.4, -0.2) is 65.8 Å². The molecule has 1 saturated heterocycles. The Hall–Kier alpha value is -2.12. The molecule has 0 bridgehead atoms. The van der Waals surface area contributed by atoms with Crippen LogP contribution >= 0.6 is 0 Å². The molecular weight excluding hydrogens is 332 g/mol. The van der Waals surface area contributed by atoms with Crippen molar-refractivity contribution in [2.45, 2.75) is 25.0 Å². The van der Waals surface area contributed by atoms with E-state index in [1.807, 2.05) is 33.1 Å². The zero-order valence-corrected chi connectivity index (χ0v) is 16.2. The van der Waals surface area contributed by atoms with E-state index < -0.39 is 11.8 Å². The Balaban J connectivity index is 1.86. The molecule has 0 aromatic heterocycles. The van der Waals surface area contributed by atoms with Crippen LogP contribution in [0.2, 0.25) is 0 Å². The molecule has 1 aromatic carbocycles. The minimum Gasteiger partial charge on any atom is -0.378 e. The van der Waals surface area contributed by atoms with Crippen molar-refractivity contribution in [1.29, 1.82) is 0 Å². The Labute approximate surface area is 155 Å². The number of benzene rings is 1. The largest absolute Gasteiger partial charge is 0.378 e. The lowest BCUT2D eigenvalue weighted by Gasteiger charge is -2.23. The molecule has 1 aliphatic rings. The highest BCUT2D eigenvalue weighted by Gasteiger charge is 2.22. The second-order valence-corrected chi connectivity index (χ2v) is 7.17. The quantitative estimate of drug-likeness (QED) is 0.563. The standard InChI is InChI=1S/C19H30N4O3/c1-22(2)15-9-7-14(8-10-15)17(23(3)4)13-21-19(25)18(24)20-12-16-6-5-11-26-16/h7-10,16-17H,5-6,11-13H2,1-4H3,(H,20,24)(H,21,25)/p+1/t16-,17-/m0/s1. The van der Waals surface area contributed by atoms with E-state index in [9.17, 15) is 9.59 Å². The van der Waals surface area contributed by atoms with Gasteiger partial charge in [-0.15, -0.1) is 0 Å². The zero-order chi connectivity index (χ0) is 19.1. The van der Waals surface area contributed by atoms with E-state index in [1.54, 1.807) is 0 Å². The van der Waals surface area contributed by atoms with Gasteiger partial charge in [-0.2, -0.15) is 0 Å². The second kappa shape index (κ2) is 9.54. The number of amides is 2. The molecule has 0 unspecified atom stereocenters. The maximum absolute atomic E-state index is 12.1. The minimum atomic E-state index is -0.601. The Bertz CT molecular complexity index is 595. The number of ether oxygens (including phenoxy) is 1. The van der Waals surface area contributed by atoms with Gasteiger partial charge >= 0.3 is 11.8 Å². The summed E-state index contributed by atoms with van der Waals surface area (Å²) in [5.74, 6) is -1.20. The van der Waals surface area contributed by atoms with Crippen molar-refractivity contribution in [3.63, 3.8) is 0 Å². The van der Waals surface area contributed by atoms with Crippen molar-refractivity contribution in [2.24, 2.45) is 0 Å². The zero-order valence-electron chi connectivity index (χ0n) is 16.2. The number of carbonyl (C=O) groups excluding carboxylic acids is 2. The summed E-state index contributed by atoms with van der Waals surface area (Å²) in [6.45, 7) is 1.52. The molecule has 1 aliphatic heterocycles. The molecule has 0 radical (unpaired) electrons. The van der Waals surface area contributed by atoms with Gasteiger partial charge in [-0.05, 0) is 25.0 Å². The number of nitrogens with zero attached hydrogens (tertiary/aromatic N) is 1. The number of carbonyl (C=O) groups is 2. The fraction of sp³-hybridized carbons (Fsp3) is 0.579. The van der Waals surface area contributed by atoms with E-state index in [0.29, 0.717) is 13.1 Å². The van der Waals surface area contributed by atoms with Crippen LogP contribution in [0.15, 0.2) is 24.3 Å². The fourth-order valence-corrected chi connectivity index (χ4v) is 3.03. The number of rotatable bonds is 7. The number of likely N-dealkylation sites (N-methyl/N-ethyl adjacent to an activating group) is 1. The summed E-state index contributed by atoms with van der Waals surface area (Å²) in [4.78, 5) is 27.2. The van der Waals surface area contributed by atoms with Gasteiger partial charge in [0.15, 0.2) is 0 Å². The van der Waals surface area contributed by atoms with Crippen LogP contribution in [0.3, 0.4) is 0 Å². The van der Waals surface area contributed by atoms with E-state index >= 15 is 0 Å². The van der Waals surface area contributed by atoms with Crippen LogP contribution in [0.25, 0.3) is 0 Å². The van der Waals surface area contributed by atoms with Crippen molar-refractivity contribution in [1.82, 2.24) is 10.6 Å². The predicted octanol–water partition coefficient (Wildman–Crippen LogP) is -0.650. The number of nitrogens with one attached hydrogen (secondary N) is 3. The van der Waals surface area contributed by atoms with Crippen molar-refractivity contribution in [2.75, 3.05) is 52.8 Å². The Morgan fingerprint density at radius 3 is 2.38 bits per heavy atom. The van der Waals surface area contributed by atoms with Crippen molar-refractivity contribution >= 4 is 17.5 Å². The highest BCUT2D eigenvalue weighted by Crippen LogP contribution is 2.16. The Morgan fingerprint density at radius 2 is 1.85 bits per heavy atom. The lowest BCUT2D eigenvalue weighted by Crippen LogP contribution is -3.07. The summed E-state index contributed by atoms with van der Waals surface area (Å²) in [5.41, 5.74) is 2.24. The van der Waals surface area contributed by atoms with Crippen LogP contribution in [0.5, 0.6) is 0 Å². The van der Waals surface area contributed by atoms with Gasteiger partial charge in [0.25, 0.3) is 0 Å². The third-order valence-corrected chi connectivity index (χ3v) is 4.70. The summed E-state index contributed by atoms with van der Waals surface area (Å²) in [6, 6.07) is 8.32. The van der Waals surface area contributed by atoms with Gasteiger partial charge in [0.1, 0.15) is 6.04 Å². The summed E-state index contributed by atoms with van der Waals surface area (Å²) < 4.78 is 5.44. The van der Waals surface area contributed by atoms with E-state index in [-0.39, 0.29) is 12.1 Å². The van der Waals surface area contributed by atoms with Gasteiger partial charge in [0.05, 0.1) is 26.7 Å². The highest BCUT2D eigenvalue weighted by molar-refractivity contribution is 6.35. The maximum atomic E-state index is 12.1. The van der Waals surface area contributed by atoms with Gasteiger partial charge in [-0.25, -0.2) is 0 Å². The summed E-state index contributed by atoms with van der Waals surface area (Å²) >= 11 is 0. The molecular formula is C19H31N4O3+. The first kappa shape index (κ1) is 20.2. The molecule has 0 spiro atoms. The second-order valence-electron chi connectivity index (χ2n) is 7.17. The molecule has 1 aromatic rings. The minimum absolute atomic E-state index is 0.0286. The van der Waals surface area contributed by atoms with Gasteiger partial charge in [0, 0.05) is 38.5 Å². The first-order valence-corrected chi connectivity index (χ1v) is 9.13. The van der Waals surface area contributed by atoms with E-state index in [4.69, 9.17) is 4.74 Å².